The summed E-state index contributed by atoms with van der Waals surface area (Å²) in [6.45, 7) is 12.9. The number of carbonyl (C=O) groups is 1. The van der Waals surface area contributed by atoms with E-state index < -0.39 is 5.60 Å². The van der Waals surface area contributed by atoms with E-state index in [0.717, 1.165) is 50.2 Å². The number of hydrogen-bond acceptors (Lipinski definition) is 4. The highest BCUT2D eigenvalue weighted by atomic mass is 16.6. The molecule has 0 N–H and O–H groups in total. The monoisotopic (exact) mass is 361 g/mol. The van der Waals surface area contributed by atoms with Crippen LogP contribution in [0.4, 0.5) is 10.6 Å². The van der Waals surface area contributed by atoms with E-state index in [9.17, 15) is 4.79 Å². The predicted octanol–water partition coefficient (Wildman–Crippen LogP) is 5.17. The Morgan fingerprint density at radius 3 is 2.77 bits per heavy atom. The molecule has 1 aliphatic heterocycles. The summed E-state index contributed by atoms with van der Waals surface area (Å²) in [5.41, 5.74) is 0.637. The van der Waals surface area contributed by atoms with Crippen LogP contribution in [0, 0.1) is 0 Å². The molecule has 2 rings (SSSR count). The number of pyridine rings is 1. The molecule has 5 nitrogen and oxygen atoms in total. The quantitative estimate of drug-likeness (QED) is 0.672. The fourth-order valence-corrected chi connectivity index (χ4v) is 3.55. The molecule has 2 heterocycles. The third kappa shape index (κ3) is 5.44. The zero-order valence-corrected chi connectivity index (χ0v) is 17.1. The van der Waals surface area contributed by atoms with Gasteiger partial charge < -0.3 is 4.74 Å². The SMILES string of the molecule is CCCCN(C(=O)OC(C)(C)C)c1ncccc1[C@H]1CCCN1CCC. The van der Waals surface area contributed by atoms with Crippen molar-refractivity contribution in [1.29, 1.82) is 0 Å². The summed E-state index contributed by atoms with van der Waals surface area (Å²) in [6.07, 6.45) is 6.88. The number of anilines is 1. The highest BCUT2D eigenvalue weighted by molar-refractivity contribution is 5.87. The van der Waals surface area contributed by atoms with E-state index in [1.807, 2.05) is 26.8 Å². The molecule has 1 atom stereocenters. The van der Waals surface area contributed by atoms with Crippen LogP contribution in [-0.4, -0.2) is 41.2 Å². The minimum absolute atomic E-state index is 0.300. The summed E-state index contributed by atoms with van der Waals surface area (Å²) in [7, 11) is 0. The van der Waals surface area contributed by atoms with Crippen molar-refractivity contribution in [2.75, 3.05) is 24.5 Å². The molecular formula is C21H35N3O2. The molecule has 0 unspecified atom stereocenters. The number of unbranched alkanes of at least 4 members (excludes halogenated alkanes) is 1. The first-order chi connectivity index (χ1) is 12.4. The summed E-state index contributed by atoms with van der Waals surface area (Å²) < 4.78 is 5.68. The van der Waals surface area contributed by atoms with Crippen LogP contribution in [0.3, 0.4) is 0 Å². The summed E-state index contributed by atoms with van der Waals surface area (Å²) >= 11 is 0. The molecular weight excluding hydrogens is 326 g/mol. The van der Waals surface area contributed by atoms with Gasteiger partial charge in [-0.05, 0) is 65.6 Å². The molecule has 0 saturated carbocycles. The van der Waals surface area contributed by atoms with Gasteiger partial charge in [-0.15, -0.1) is 0 Å². The first-order valence-electron chi connectivity index (χ1n) is 10.1. The molecule has 0 aromatic carbocycles. The predicted molar refractivity (Wildman–Crippen MR) is 107 cm³/mol. The normalized spacial score (nSPS) is 18.1. The molecule has 1 aromatic heterocycles. The van der Waals surface area contributed by atoms with Gasteiger partial charge in [0, 0.05) is 24.3 Å². The number of nitrogens with zero attached hydrogens (tertiary/aromatic N) is 3. The zero-order valence-electron chi connectivity index (χ0n) is 17.1. The van der Waals surface area contributed by atoms with Gasteiger partial charge in [-0.25, -0.2) is 9.78 Å². The lowest BCUT2D eigenvalue weighted by Gasteiger charge is -2.31. The van der Waals surface area contributed by atoms with Crippen molar-refractivity contribution < 1.29 is 9.53 Å². The van der Waals surface area contributed by atoms with E-state index in [0.29, 0.717) is 12.6 Å². The highest BCUT2D eigenvalue weighted by Gasteiger charge is 2.32. The van der Waals surface area contributed by atoms with Crippen molar-refractivity contribution >= 4 is 11.9 Å². The van der Waals surface area contributed by atoms with Gasteiger partial charge in [-0.1, -0.05) is 26.3 Å². The van der Waals surface area contributed by atoms with Crippen LogP contribution in [0.25, 0.3) is 0 Å². The van der Waals surface area contributed by atoms with Crippen LogP contribution in [0.15, 0.2) is 18.3 Å². The Bertz CT molecular complexity index is 583. The number of amides is 1. The van der Waals surface area contributed by atoms with Crippen molar-refractivity contribution in [3.63, 3.8) is 0 Å². The van der Waals surface area contributed by atoms with Crippen molar-refractivity contribution in [2.24, 2.45) is 0 Å². The van der Waals surface area contributed by atoms with Gasteiger partial charge in [-0.2, -0.15) is 0 Å². The van der Waals surface area contributed by atoms with Crippen molar-refractivity contribution in [2.45, 2.75) is 78.4 Å². The fourth-order valence-electron chi connectivity index (χ4n) is 3.55. The van der Waals surface area contributed by atoms with E-state index in [2.05, 4.69) is 29.8 Å². The van der Waals surface area contributed by atoms with Crippen molar-refractivity contribution in [3.05, 3.63) is 23.9 Å². The first kappa shape index (κ1) is 20.7. The van der Waals surface area contributed by atoms with Crippen LogP contribution in [0.2, 0.25) is 0 Å². The van der Waals surface area contributed by atoms with Gasteiger partial charge >= 0.3 is 6.09 Å². The molecule has 1 fully saturated rings. The lowest BCUT2D eigenvalue weighted by molar-refractivity contribution is 0.0578. The summed E-state index contributed by atoms with van der Waals surface area (Å²) in [5.74, 6) is 0.767. The van der Waals surface area contributed by atoms with E-state index in [-0.39, 0.29) is 6.09 Å². The number of carbonyl (C=O) groups excluding carboxylic acids is 1. The Labute approximate surface area is 158 Å². The molecule has 0 bridgehead atoms. The van der Waals surface area contributed by atoms with Gasteiger partial charge in [0.15, 0.2) is 0 Å². The highest BCUT2D eigenvalue weighted by Crippen LogP contribution is 2.36. The van der Waals surface area contributed by atoms with E-state index in [4.69, 9.17) is 4.74 Å². The molecule has 26 heavy (non-hydrogen) atoms. The average Bonchev–Trinajstić information content (AvgIpc) is 3.02. The average molecular weight is 362 g/mol. The van der Waals surface area contributed by atoms with Crippen LogP contribution in [-0.2, 0) is 4.74 Å². The fraction of sp³-hybridized carbons (Fsp3) is 0.714. The summed E-state index contributed by atoms with van der Waals surface area (Å²) in [5, 5.41) is 0. The van der Waals surface area contributed by atoms with Crippen molar-refractivity contribution in [1.82, 2.24) is 9.88 Å². The number of hydrogen-bond donors (Lipinski definition) is 0. The molecule has 1 amide bonds. The lowest BCUT2D eigenvalue weighted by Crippen LogP contribution is -2.39. The zero-order chi connectivity index (χ0) is 19.2. The molecule has 5 heteroatoms. The standard InChI is InChI=1S/C21H35N3O2/c1-6-8-16-24(20(25)26-21(3,4)5)19-17(11-9-13-22-19)18-12-10-15-23(18)14-7-2/h9,11,13,18H,6-8,10,12,14-16H2,1-5H3/t18-/m1/s1. The minimum atomic E-state index is -0.516. The molecule has 1 aromatic rings. The van der Waals surface area contributed by atoms with Gasteiger partial charge in [0.25, 0.3) is 0 Å². The molecule has 0 radical (unpaired) electrons. The molecule has 146 valence electrons. The largest absolute Gasteiger partial charge is 0.443 e. The minimum Gasteiger partial charge on any atom is -0.443 e. The van der Waals surface area contributed by atoms with Gasteiger partial charge in [-0.3, -0.25) is 9.80 Å². The Kier molecular flexibility index (Phi) is 7.44. The second-order valence-electron chi connectivity index (χ2n) is 8.10. The Morgan fingerprint density at radius 2 is 2.12 bits per heavy atom. The Morgan fingerprint density at radius 1 is 1.35 bits per heavy atom. The summed E-state index contributed by atoms with van der Waals surface area (Å²) in [6, 6.07) is 4.45. The second kappa shape index (κ2) is 9.36. The van der Waals surface area contributed by atoms with Gasteiger partial charge in [0.2, 0.25) is 0 Å². The topological polar surface area (TPSA) is 45.7 Å². The molecule has 1 saturated heterocycles. The maximum absolute atomic E-state index is 12.9. The van der Waals surface area contributed by atoms with Crippen LogP contribution >= 0.6 is 0 Å². The van der Waals surface area contributed by atoms with Crippen LogP contribution in [0.5, 0.6) is 0 Å². The number of ether oxygens (including phenoxy) is 1. The molecule has 0 aliphatic carbocycles. The van der Waals surface area contributed by atoms with E-state index in [1.165, 1.54) is 6.42 Å². The number of likely N-dealkylation sites (tertiary alicyclic amines) is 1. The van der Waals surface area contributed by atoms with E-state index in [1.54, 1.807) is 11.1 Å². The maximum atomic E-state index is 12.9. The number of aromatic nitrogens is 1. The lowest BCUT2D eigenvalue weighted by atomic mass is 10.0. The molecule has 1 aliphatic rings. The van der Waals surface area contributed by atoms with Crippen molar-refractivity contribution in [3.8, 4) is 0 Å². The maximum Gasteiger partial charge on any atom is 0.416 e. The Balaban J connectivity index is 2.34. The smallest absolute Gasteiger partial charge is 0.416 e. The second-order valence-corrected chi connectivity index (χ2v) is 8.10. The van der Waals surface area contributed by atoms with Gasteiger partial charge in [0.1, 0.15) is 11.4 Å². The van der Waals surface area contributed by atoms with Crippen LogP contribution < -0.4 is 4.90 Å². The van der Waals surface area contributed by atoms with E-state index >= 15 is 0 Å². The first-order valence-corrected chi connectivity index (χ1v) is 10.1. The third-order valence-electron chi connectivity index (χ3n) is 4.66. The Hall–Kier alpha value is -1.62. The van der Waals surface area contributed by atoms with Gasteiger partial charge in [0.05, 0.1) is 0 Å². The third-order valence-corrected chi connectivity index (χ3v) is 4.66. The van der Waals surface area contributed by atoms with Crippen LogP contribution in [0.1, 0.15) is 78.3 Å². The summed E-state index contributed by atoms with van der Waals surface area (Å²) in [4.78, 5) is 21.8. The molecule has 0 spiro atoms. The number of rotatable bonds is 7.